The molecule has 0 saturated heterocycles. The summed E-state index contributed by atoms with van der Waals surface area (Å²) in [6.07, 6.45) is 0. The van der Waals surface area contributed by atoms with Crippen molar-refractivity contribution in [2.45, 2.75) is 46.7 Å². The maximum Gasteiger partial charge on any atom is 0.310 e. The highest BCUT2D eigenvalue weighted by Gasteiger charge is 2.43. The van der Waals surface area contributed by atoms with Gasteiger partial charge in [0.15, 0.2) is 0 Å². The maximum absolute atomic E-state index is 11.3. The summed E-state index contributed by atoms with van der Waals surface area (Å²) in [5.41, 5.74) is 0.642. The summed E-state index contributed by atoms with van der Waals surface area (Å²) < 4.78 is 1.81. The number of carbonyl (C=O) groups is 1. The lowest BCUT2D eigenvalue weighted by molar-refractivity contribution is -0.151. The first kappa shape index (κ1) is 14.7. The predicted molar refractivity (Wildman–Crippen MR) is 70.3 cm³/mol. The average Bonchev–Trinajstić information content (AvgIpc) is 2.54. The Morgan fingerprint density at radius 1 is 1.44 bits per heavy atom. The number of carboxylic acids is 1. The third-order valence-electron chi connectivity index (χ3n) is 3.91. The van der Waals surface area contributed by atoms with E-state index in [0.29, 0.717) is 6.54 Å². The first-order valence-corrected chi connectivity index (χ1v) is 6.06. The molecular weight excluding hydrogens is 230 g/mol. The smallest absolute Gasteiger partial charge is 0.310 e. The fourth-order valence-corrected chi connectivity index (χ4v) is 1.63. The largest absolute Gasteiger partial charge is 0.481 e. The Balaban J connectivity index is 2.79. The molecule has 0 unspecified atom stereocenters. The van der Waals surface area contributed by atoms with Crippen LogP contribution in [-0.2, 0) is 18.4 Å². The highest BCUT2D eigenvalue weighted by atomic mass is 16.4. The molecule has 5 nitrogen and oxygen atoms in total. The lowest BCUT2D eigenvalue weighted by Gasteiger charge is -2.39. The van der Waals surface area contributed by atoms with Crippen molar-refractivity contribution in [2.75, 3.05) is 0 Å². The zero-order chi connectivity index (χ0) is 14.1. The fraction of sp³-hybridized carbons (Fsp3) is 0.692. The van der Waals surface area contributed by atoms with E-state index in [1.165, 1.54) is 0 Å². The second kappa shape index (κ2) is 4.72. The Morgan fingerprint density at radius 3 is 2.39 bits per heavy atom. The van der Waals surface area contributed by atoms with Gasteiger partial charge in [0.25, 0.3) is 0 Å². The Labute approximate surface area is 108 Å². The van der Waals surface area contributed by atoms with E-state index >= 15 is 0 Å². The molecule has 2 N–H and O–H groups in total. The van der Waals surface area contributed by atoms with Crippen molar-refractivity contribution in [3.05, 3.63) is 17.5 Å². The van der Waals surface area contributed by atoms with Gasteiger partial charge in [-0.2, -0.15) is 5.10 Å². The first-order chi connectivity index (χ1) is 8.08. The highest BCUT2D eigenvalue weighted by Crippen LogP contribution is 2.30. The van der Waals surface area contributed by atoms with Gasteiger partial charge >= 0.3 is 5.97 Å². The van der Waals surface area contributed by atoms with Crippen molar-refractivity contribution in [1.82, 2.24) is 15.1 Å². The summed E-state index contributed by atoms with van der Waals surface area (Å²) >= 11 is 0. The number of aliphatic carboxylic acids is 1. The minimum absolute atomic E-state index is 0.517. The quantitative estimate of drug-likeness (QED) is 0.838. The topological polar surface area (TPSA) is 67.2 Å². The highest BCUT2D eigenvalue weighted by molar-refractivity contribution is 5.75. The van der Waals surface area contributed by atoms with Crippen LogP contribution in [0.15, 0.2) is 6.07 Å². The Morgan fingerprint density at radius 2 is 2.00 bits per heavy atom. The van der Waals surface area contributed by atoms with E-state index in [-0.39, 0.29) is 0 Å². The molecule has 1 aromatic rings. The van der Waals surface area contributed by atoms with Crippen LogP contribution in [0.25, 0.3) is 0 Å². The zero-order valence-corrected chi connectivity index (χ0v) is 12.0. The van der Waals surface area contributed by atoms with Crippen LogP contribution in [0, 0.1) is 12.3 Å². The van der Waals surface area contributed by atoms with Crippen molar-refractivity contribution < 1.29 is 9.90 Å². The molecule has 102 valence electrons. The molecular formula is C13H23N3O2. The molecule has 0 saturated carbocycles. The Kier molecular flexibility index (Phi) is 3.86. The van der Waals surface area contributed by atoms with Gasteiger partial charge in [-0.05, 0) is 40.7 Å². The lowest BCUT2D eigenvalue weighted by Crippen LogP contribution is -2.54. The molecule has 1 heterocycles. The first-order valence-electron chi connectivity index (χ1n) is 6.06. The zero-order valence-electron chi connectivity index (χ0n) is 12.0. The molecule has 0 amide bonds. The minimum Gasteiger partial charge on any atom is -0.481 e. The second-order valence-electron chi connectivity index (χ2n) is 5.81. The van der Waals surface area contributed by atoms with Crippen LogP contribution >= 0.6 is 0 Å². The lowest BCUT2D eigenvalue weighted by atomic mass is 9.74. The molecule has 0 radical (unpaired) electrons. The van der Waals surface area contributed by atoms with Crippen molar-refractivity contribution >= 4 is 5.97 Å². The number of hydrogen-bond acceptors (Lipinski definition) is 3. The molecule has 0 bridgehead atoms. The predicted octanol–water partition coefficient (Wildman–Crippen LogP) is 1.71. The maximum atomic E-state index is 11.3. The van der Waals surface area contributed by atoms with Gasteiger partial charge in [-0.3, -0.25) is 9.48 Å². The van der Waals surface area contributed by atoms with Crippen molar-refractivity contribution in [1.29, 1.82) is 0 Å². The van der Waals surface area contributed by atoms with E-state index < -0.39 is 16.9 Å². The third kappa shape index (κ3) is 2.72. The Bertz CT molecular complexity index is 447. The van der Waals surface area contributed by atoms with Gasteiger partial charge in [0.05, 0.1) is 16.8 Å². The molecule has 1 rings (SSSR count). The number of aromatic nitrogens is 2. The molecule has 0 aliphatic carbocycles. The van der Waals surface area contributed by atoms with Crippen LogP contribution in [0.5, 0.6) is 0 Å². The van der Waals surface area contributed by atoms with Crippen LogP contribution in [0.4, 0.5) is 0 Å². The van der Waals surface area contributed by atoms with Crippen molar-refractivity contribution in [3.63, 3.8) is 0 Å². The summed E-state index contributed by atoms with van der Waals surface area (Å²) in [4.78, 5) is 11.3. The van der Waals surface area contributed by atoms with Crippen molar-refractivity contribution in [3.8, 4) is 0 Å². The van der Waals surface area contributed by atoms with Gasteiger partial charge in [-0.15, -0.1) is 0 Å². The number of nitrogens with one attached hydrogen (secondary N) is 1. The molecule has 1 aromatic heterocycles. The molecule has 0 fully saturated rings. The normalized spacial score (nSPS) is 12.8. The number of aryl methyl sites for hydroxylation is 2. The van der Waals surface area contributed by atoms with E-state index in [1.54, 1.807) is 13.8 Å². The van der Waals surface area contributed by atoms with E-state index in [9.17, 15) is 9.90 Å². The van der Waals surface area contributed by atoms with E-state index in [1.807, 2.05) is 38.6 Å². The molecule has 0 aliphatic rings. The van der Waals surface area contributed by atoms with Crippen LogP contribution in [0.3, 0.4) is 0 Å². The third-order valence-corrected chi connectivity index (χ3v) is 3.91. The summed E-state index contributed by atoms with van der Waals surface area (Å²) in [7, 11) is 1.89. The Hall–Kier alpha value is -1.36. The standard InChI is InChI=1S/C13H23N3O2/c1-9-7-10(16(6)15-9)8-14-13(4,5)12(2,3)11(17)18/h7,14H,8H2,1-6H3,(H,17,18). The SMILES string of the molecule is Cc1cc(CNC(C)(C)C(C)(C)C(=O)O)n(C)n1. The van der Waals surface area contributed by atoms with Gasteiger partial charge in [0.1, 0.15) is 0 Å². The molecule has 5 heteroatoms. The van der Waals surface area contributed by atoms with Gasteiger partial charge in [-0.1, -0.05) is 0 Å². The van der Waals surface area contributed by atoms with Gasteiger partial charge in [-0.25, -0.2) is 0 Å². The molecule has 0 spiro atoms. The summed E-state index contributed by atoms with van der Waals surface area (Å²) in [5.74, 6) is -0.804. The van der Waals surface area contributed by atoms with Crippen molar-refractivity contribution in [2.24, 2.45) is 12.5 Å². The van der Waals surface area contributed by atoms with E-state index in [2.05, 4.69) is 10.4 Å². The molecule has 18 heavy (non-hydrogen) atoms. The molecule has 0 atom stereocenters. The van der Waals surface area contributed by atoms with E-state index in [0.717, 1.165) is 11.4 Å². The minimum atomic E-state index is -0.847. The fourth-order valence-electron chi connectivity index (χ4n) is 1.63. The summed E-state index contributed by atoms with van der Waals surface area (Å²) in [6.45, 7) is 9.82. The number of nitrogens with zero attached hydrogens (tertiary/aromatic N) is 2. The second-order valence-corrected chi connectivity index (χ2v) is 5.81. The van der Waals surface area contributed by atoms with Gasteiger partial charge in [0, 0.05) is 19.1 Å². The number of hydrogen-bond donors (Lipinski definition) is 2. The van der Waals surface area contributed by atoms with Gasteiger partial charge in [0.2, 0.25) is 0 Å². The van der Waals surface area contributed by atoms with Crippen LogP contribution in [-0.4, -0.2) is 26.4 Å². The van der Waals surface area contributed by atoms with Crippen LogP contribution < -0.4 is 5.32 Å². The number of rotatable bonds is 5. The summed E-state index contributed by atoms with van der Waals surface area (Å²) in [5, 5.41) is 16.9. The van der Waals surface area contributed by atoms with Crippen LogP contribution in [0.1, 0.15) is 39.1 Å². The van der Waals surface area contributed by atoms with Gasteiger partial charge < -0.3 is 10.4 Å². The van der Waals surface area contributed by atoms with Crippen LogP contribution in [0.2, 0.25) is 0 Å². The molecule has 0 aliphatic heterocycles. The summed E-state index contributed by atoms with van der Waals surface area (Å²) in [6, 6.07) is 2.00. The molecule has 0 aromatic carbocycles. The van der Waals surface area contributed by atoms with E-state index in [4.69, 9.17) is 0 Å². The average molecular weight is 253 g/mol. The number of carboxylic acid groups (broad SMARTS) is 1. The monoisotopic (exact) mass is 253 g/mol.